The topological polar surface area (TPSA) is 43.1 Å². The first-order valence-electron chi connectivity index (χ1n) is 3.79. The van der Waals surface area contributed by atoms with Gasteiger partial charge in [0.15, 0.2) is 0 Å². The highest BCUT2D eigenvalue weighted by Gasteiger charge is 2.12. The lowest BCUT2D eigenvalue weighted by molar-refractivity contribution is -0.110. The third-order valence-corrected chi connectivity index (χ3v) is 2.49. The van der Waals surface area contributed by atoms with E-state index in [4.69, 9.17) is 5.73 Å². The minimum Gasteiger partial charge on any atom is -0.321 e. The van der Waals surface area contributed by atoms with Crippen molar-refractivity contribution in [2.24, 2.45) is 5.73 Å². The van der Waals surface area contributed by atoms with Crippen molar-refractivity contribution in [3.8, 4) is 0 Å². The zero-order chi connectivity index (χ0) is 9.84. The Labute approximate surface area is 89.5 Å². The Morgan fingerprint density at radius 2 is 2.15 bits per heavy atom. The SMILES string of the molecule is N[C@H](Cc1ccccc1F)C(=O)I. The normalized spacial score (nSPS) is 12.5. The smallest absolute Gasteiger partial charge is 0.209 e. The molecule has 0 bridgehead atoms. The highest BCUT2D eigenvalue weighted by atomic mass is 127. The molecule has 1 atom stereocenters. The van der Waals surface area contributed by atoms with Gasteiger partial charge in [-0.15, -0.1) is 0 Å². The summed E-state index contributed by atoms with van der Waals surface area (Å²) in [4.78, 5) is 10.8. The Morgan fingerprint density at radius 1 is 1.54 bits per heavy atom. The molecule has 0 unspecified atom stereocenters. The fraction of sp³-hybridized carbons (Fsp3) is 0.222. The second kappa shape index (κ2) is 4.66. The summed E-state index contributed by atoms with van der Waals surface area (Å²) < 4.78 is 12.9. The molecule has 0 fully saturated rings. The molecule has 0 aliphatic heterocycles. The lowest BCUT2D eigenvalue weighted by Gasteiger charge is -2.06. The highest BCUT2D eigenvalue weighted by molar-refractivity contribution is 14.1. The third-order valence-electron chi connectivity index (χ3n) is 1.69. The molecule has 0 saturated heterocycles. The molecular weight excluding hydrogens is 284 g/mol. The second-order valence-electron chi connectivity index (χ2n) is 2.71. The Bertz CT molecular complexity index is 316. The lowest BCUT2D eigenvalue weighted by Crippen LogP contribution is -2.29. The van der Waals surface area contributed by atoms with Gasteiger partial charge in [0.05, 0.1) is 6.04 Å². The molecule has 13 heavy (non-hydrogen) atoms. The van der Waals surface area contributed by atoms with Crippen LogP contribution in [0.15, 0.2) is 24.3 Å². The standard InChI is InChI=1S/C9H9FINO/c10-7-4-2-1-3-6(7)5-8(12)9(11)13/h1-4,8H,5,12H2/t8-/m1/s1. The fourth-order valence-corrected chi connectivity index (χ4v) is 1.20. The summed E-state index contributed by atoms with van der Waals surface area (Å²) in [5.41, 5.74) is 5.98. The Hall–Kier alpha value is -0.490. The minimum atomic E-state index is -0.613. The fourth-order valence-electron chi connectivity index (χ4n) is 0.981. The molecule has 0 aliphatic carbocycles. The first kappa shape index (κ1) is 10.6. The van der Waals surface area contributed by atoms with Crippen molar-refractivity contribution in [2.75, 3.05) is 0 Å². The monoisotopic (exact) mass is 293 g/mol. The van der Waals surface area contributed by atoms with Gasteiger partial charge in [0, 0.05) is 22.6 Å². The van der Waals surface area contributed by atoms with Gasteiger partial charge >= 0.3 is 0 Å². The largest absolute Gasteiger partial charge is 0.321 e. The maximum atomic E-state index is 13.0. The van der Waals surface area contributed by atoms with Gasteiger partial charge in [-0.1, -0.05) is 18.2 Å². The molecule has 4 heteroatoms. The molecule has 1 rings (SSSR count). The molecule has 2 nitrogen and oxygen atoms in total. The molecule has 0 aromatic heterocycles. The maximum Gasteiger partial charge on any atom is 0.209 e. The maximum absolute atomic E-state index is 13.0. The van der Waals surface area contributed by atoms with Crippen molar-refractivity contribution in [3.63, 3.8) is 0 Å². The van der Waals surface area contributed by atoms with Gasteiger partial charge in [-0.3, -0.25) is 4.79 Å². The molecule has 0 saturated carbocycles. The van der Waals surface area contributed by atoms with Crippen LogP contribution in [0.2, 0.25) is 0 Å². The summed E-state index contributed by atoms with van der Waals surface area (Å²) in [7, 11) is 0. The first-order valence-corrected chi connectivity index (χ1v) is 4.87. The first-order chi connectivity index (χ1) is 6.11. The van der Waals surface area contributed by atoms with Crippen LogP contribution in [0.5, 0.6) is 0 Å². The van der Waals surface area contributed by atoms with Crippen molar-refractivity contribution in [3.05, 3.63) is 35.6 Å². The van der Waals surface area contributed by atoms with E-state index in [0.717, 1.165) is 0 Å². The Morgan fingerprint density at radius 3 is 2.69 bits per heavy atom. The molecule has 0 amide bonds. The Balaban J connectivity index is 2.74. The molecule has 0 spiro atoms. The van der Waals surface area contributed by atoms with Gasteiger partial charge in [-0.2, -0.15) is 0 Å². The van der Waals surface area contributed by atoms with E-state index in [1.165, 1.54) is 6.07 Å². The van der Waals surface area contributed by atoms with E-state index in [9.17, 15) is 9.18 Å². The lowest BCUT2D eigenvalue weighted by atomic mass is 10.1. The third kappa shape index (κ3) is 3.04. The van der Waals surface area contributed by atoms with Crippen molar-refractivity contribution in [1.29, 1.82) is 0 Å². The van der Waals surface area contributed by atoms with Crippen molar-refractivity contribution in [1.82, 2.24) is 0 Å². The van der Waals surface area contributed by atoms with Gasteiger partial charge in [0.2, 0.25) is 3.79 Å². The number of benzene rings is 1. The van der Waals surface area contributed by atoms with Crippen LogP contribution >= 0.6 is 22.6 Å². The van der Waals surface area contributed by atoms with Gasteiger partial charge in [-0.25, -0.2) is 4.39 Å². The van der Waals surface area contributed by atoms with Crippen molar-refractivity contribution in [2.45, 2.75) is 12.5 Å². The molecule has 2 N–H and O–H groups in total. The molecule has 0 aliphatic rings. The van der Waals surface area contributed by atoms with Crippen LogP contribution in [0.1, 0.15) is 5.56 Å². The average molecular weight is 293 g/mol. The molecule has 0 radical (unpaired) electrons. The van der Waals surface area contributed by atoms with Gasteiger partial charge in [0.1, 0.15) is 5.82 Å². The van der Waals surface area contributed by atoms with E-state index >= 15 is 0 Å². The summed E-state index contributed by atoms with van der Waals surface area (Å²) in [6.07, 6.45) is 0.258. The highest BCUT2D eigenvalue weighted by Crippen LogP contribution is 2.09. The zero-order valence-electron chi connectivity index (χ0n) is 6.84. The zero-order valence-corrected chi connectivity index (χ0v) is 8.99. The number of rotatable bonds is 3. The van der Waals surface area contributed by atoms with E-state index in [1.54, 1.807) is 40.8 Å². The number of nitrogens with two attached hydrogens (primary N) is 1. The predicted octanol–water partition coefficient (Wildman–Crippen LogP) is 1.66. The van der Waals surface area contributed by atoms with Crippen LogP contribution in [0.3, 0.4) is 0 Å². The summed E-state index contributed by atoms with van der Waals surface area (Å²) in [6.45, 7) is 0. The van der Waals surface area contributed by atoms with Crippen LogP contribution in [0.25, 0.3) is 0 Å². The van der Waals surface area contributed by atoms with Crippen LogP contribution in [0.4, 0.5) is 4.39 Å². The summed E-state index contributed by atoms with van der Waals surface area (Å²) >= 11 is 1.62. The second-order valence-corrected chi connectivity index (χ2v) is 3.77. The van der Waals surface area contributed by atoms with Crippen LogP contribution in [-0.4, -0.2) is 9.83 Å². The summed E-state index contributed by atoms with van der Waals surface area (Å²) in [6, 6.07) is 5.71. The minimum absolute atomic E-state index is 0.152. The quantitative estimate of drug-likeness (QED) is 0.680. The van der Waals surface area contributed by atoms with E-state index in [1.807, 2.05) is 0 Å². The number of carbonyl (C=O) groups is 1. The van der Waals surface area contributed by atoms with Crippen molar-refractivity contribution >= 4 is 26.4 Å². The van der Waals surface area contributed by atoms with E-state index in [-0.39, 0.29) is 16.0 Å². The number of halogens is 2. The van der Waals surface area contributed by atoms with Crippen LogP contribution in [-0.2, 0) is 11.2 Å². The summed E-state index contributed by atoms with van der Waals surface area (Å²) in [5, 5.41) is 0. The summed E-state index contributed by atoms with van der Waals surface area (Å²) in [5.74, 6) is -0.310. The Kier molecular flexibility index (Phi) is 3.80. The van der Waals surface area contributed by atoms with E-state index in [0.29, 0.717) is 5.56 Å². The molecule has 70 valence electrons. The molecule has 0 heterocycles. The van der Waals surface area contributed by atoms with Gasteiger partial charge in [-0.05, 0) is 18.1 Å². The van der Waals surface area contributed by atoms with E-state index < -0.39 is 6.04 Å². The van der Waals surface area contributed by atoms with Crippen molar-refractivity contribution < 1.29 is 9.18 Å². The number of hydrogen-bond acceptors (Lipinski definition) is 2. The van der Waals surface area contributed by atoms with E-state index in [2.05, 4.69) is 0 Å². The molecular formula is C9H9FINO. The van der Waals surface area contributed by atoms with Gasteiger partial charge in [0.25, 0.3) is 0 Å². The average Bonchev–Trinajstić information content (AvgIpc) is 2.08. The number of hydrogen-bond donors (Lipinski definition) is 1. The van der Waals surface area contributed by atoms with Gasteiger partial charge < -0.3 is 5.73 Å². The van der Waals surface area contributed by atoms with Crippen LogP contribution < -0.4 is 5.73 Å². The molecule has 1 aromatic carbocycles. The number of carbonyl (C=O) groups excluding carboxylic acids is 1. The predicted molar refractivity (Wildman–Crippen MR) is 57.1 cm³/mol. The molecule has 1 aromatic rings. The van der Waals surface area contributed by atoms with Crippen LogP contribution in [0, 0.1) is 5.82 Å².